The Bertz CT molecular complexity index is 1150. The van der Waals surface area contributed by atoms with Gasteiger partial charge in [0, 0.05) is 29.0 Å². The number of pyridine rings is 1. The summed E-state index contributed by atoms with van der Waals surface area (Å²) in [4.78, 5) is 33.7. The second-order valence-electron chi connectivity index (χ2n) is 6.01. The number of nitrogens with two attached hydrogens (primary N) is 1. The molecule has 0 atom stereocenters. The van der Waals surface area contributed by atoms with Crippen molar-refractivity contribution in [2.45, 2.75) is 0 Å². The van der Waals surface area contributed by atoms with Gasteiger partial charge in [-0.1, -0.05) is 36.4 Å². The number of anilines is 1. The zero-order chi connectivity index (χ0) is 18.3. The number of nitrogens with zero attached hydrogens (tertiary/aromatic N) is 2. The molecule has 0 radical (unpaired) electrons. The predicted molar refractivity (Wildman–Crippen MR) is 101 cm³/mol. The number of rotatable bonds is 3. The van der Waals surface area contributed by atoms with Gasteiger partial charge in [0.05, 0.1) is 5.52 Å². The molecule has 0 unspecified atom stereocenters. The Morgan fingerprint density at radius 2 is 1.69 bits per heavy atom. The number of aromatic nitrogens is 2. The number of primary amides is 1. The number of carbonyl (C=O) groups excluding carboxylic acids is 2. The number of nitrogens with one attached hydrogen (secondary N) is 1. The summed E-state index contributed by atoms with van der Waals surface area (Å²) in [5, 5.41) is 1.65. The smallest absolute Gasteiger partial charge is 0.276 e. The van der Waals surface area contributed by atoms with Crippen molar-refractivity contribution in [2.24, 2.45) is 5.73 Å². The maximum absolute atomic E-state index is 12.9. The van der Waals surface area contributed by atoms with Gasteiger partial charge in [0.2, 0.25) is 0 Å². The normalized spacial score (nSPS) is 11.0. The van der Waals surface area contributed by atoms with Gasteiger partial charge in [0.1, 0.15) is 5.69 Å². The van der Waals surface area contributed by atoms with Crippen LogP contribution in [0.5, 0.6) is 0 Å². The zero-order valence-electron chi connectivity index (χ0n) is 14.1. The maximum atomic E-state index is 12.9. The summed E-state index contributed by atoms with van der Waals surface area (Å²) in [6.07, 6.45) is 0. The second-order valence-corrected chi connectivity index (χ2v) is 6.01. The van der Waals surface area contributed by atoms with Gasteiger partial charge in [-0.3, -0.25) is 9.59 Å². The molecule has 128 valence electrons. The van der Waals surface area contributed by atoms with E-state index in [2.05, 4.69) is 9.97 Å². The summed E-state index contributed by atoms with van der Waals surface area (Å²) in [5.41, 5.74) is 7.87. The highest BCUT2D eigenvalue weighted by atomic mass is 16.2. The van der Waals surface area contributed by atoms with E-state index in [1.807, 2.05) is 54.6 Å². The quantitative estimate of drug-likeness (QED) is 0.598. The number of fused-ring (bicyclic) bond motifs is 3. The lowest BCUT2D eigenvalue weighted by Gasteiger charge is -2.17. The lowest BCUT2D eigenvalue weighted by molar-refractivity contribution is 0.0987. The van der Waals surface area contributed by atoms with Crippen LogP contribution in [-0.2, 0) is 0 Å². The Balaban J connectivity index is 1.91. The molecule has 6 heteroatoms. The van der Waals surface area contributed by atoms with Crippen LogP contribution in [0.25, 0.3) is 21.8 Å². The number of hydrogen-bond donors (Lipinski definition) is 2. The molecule has 2 aromatic carbocycles. The zero-order valence-corrected chi connectivity index (χ0v) is 14.1. The van der Waals surface area contributed by atoms with Gasteiger partial charge in [-0.2, -0.15) is 0 Å². The van der Waals surface area contributed by atoms with Crippen LogP contribution >= 0.6 is 0 Å². The Kier molecular flexibility index (Phi) is 3.65. The third-order valence-corrected chi connectivity index (χ3v) is 4.40. The van der Waals surface area contributed by atoms with Gasteiger partial charge < -0.3 is 15.6 Å². The lowest BCUT2D eigenvalue weighted by atomic mass is 10.1. The standard InChI is InChI=1S/C20H16N4O2/c1-24(12-7-3-2-4-8-12)20(26)16-11-14-13-9-5-6-10-15(13)22-17(14)18(23-16)19(21)25/h2-11,22H,1H3,(H2,21,25). The Hall–Kier alpha value is -3.67. The molecule has 2 heterocycles. The molecular formula is C20H16N4O2. The fourth-order valence-corrected chi connectivity index (χ4v) is 3.07. The van der Waals surface area contributed by atoms with Gasteiger partial charge in [0.15, 0.2) is 5.69 Å². The first-order chi connectivity index (χ1) is 12.6. The average molecular weight is 344 g/mol. The Morgan fingerprint density at radius 1 is 1.00 bits per heavy atom. The molecule has 0 aliphatic rings. The van der Waals surface area contributed by atoms with E-state index >= 15 is 0 Å². The van der Waals surface area contributed by atoms with Crippen molar-refractivity contribution >= 4 is 39.3 Å². The van der Waals surface area contributed by atoms with E-state index in [1.165, 1.54) is 4.90 Å². The number of H-pyrrole nitrogens is 1. The highest BCUT2D eigenvalue weighted by Crippen LogP contribution is 2.28. The number of amides is 2. The van der Waals surface area contributed by atoms with Crippen LogP contribution in [0, 0.1) is 0 Å². The number of carbonyl (C=O) groups is 2. The summed E-state index contributed by atoms with van der Waals surface area (Å²) in [6.45, 7) is 0. The van der Waals surface area contributed by atoms with Gasteiger partial charge in [0.25, 0.3) is 11.8 Å². The van der Waals surface area contributed by atoms with Gasteiger partial charge in [-0.05, 0) is 24.3 Å². The van der Waals surface area contributed by atoms with Crippen LogP contribution in [0.3, 0.4) is 0 Å². The van der Waals surface area contributed by atoms with Crippen LogP contribution in [0.15, 0.2) is 60.7 Å². The minimum Gasteiger partial charge on any atom is -0.364 e. The molecular weight excluding hydrogens is 328 g/mol. The molecule has 2 amide bonds. The molecule has 0 spiro atoms. The molecule has 0 fully saturated rings. The summed E-state index contributed by atoms with van der Waals surface area (Å²) >= 11 is 0. The van der Waals surface area contributed by atoms with Crippen LogP contribution in [0.4, 0.5) is 5.69 Å². The Morgan fingerprint density at radius 3 is 2.42 bits per heavy atom. The van der Waals surface area contributed by atoms with E-state index in [4.69, 9.17) is 5.73 Å². The summed E-state index contributed by atoms with van der Waals surface area (Å²) < 4.78 is 0. The van der Waals surface area contributed by atoms with Crippen molar-refractivity contribution in [1.82, 2.24) is 9.97 Å². The van der Waals surface area contributed by atoms with E-state index in [9.17, 15) is 9.59 Å². The minimum absolute atomic E-state index is 0.0588. The van der Waals surface area contributed by atoms with Gasteiger partial charge >= 0.3 is 0 Å². The fraction of sp³-hybridized carbons (Fsp3) is 0.0500. The van der Waals surface area contributed by atoms with Crippen LogP contribution < -0.4 is 10.6 Å². The predicted octanol–water partition coefficient (Wildman–Crippen LogP) is 3.09. The number of aromatic amines is 1. The minimum atomic E-state index is -0.682. The van der Waals surface area contributed by atoms with E-state index in [0.29, 0.717) is 5.52 Å². The van der Waals surface area contributed by atoms with E-state index in [1.54, 1.807) is 13.1 Å². The summed E-state index contributed by atoms with van der Waals surface area (Å²) in [7, 11) is 1.67. The lowest BCUT2D eigenvalue weighted by Crippen LogP contribution is -2.28. The first-order valence-corrected chi connectivity index (χ1v) is 8.10. The molecule has 26 heavy (non-hydrogen) atoms. The monoisotopic (exact) mass is 344 g/mol. The molecule has 3 N–H and O–H groups in total. The molecule has 2 aromatic heterocycles. The van der Waals surface area contributed by atoms with Crippen molar-refractivity contribution in [3.8, 4) is 0 Å². The maximum Gasteiger partial charge on any atom is 0.276 e. The molecule has 4 aromatic rings. The van der Waals surface area contributed by atoms with E-state index < -0.39 is 5.91 Å². The van der Waals surface area contributed by atoms with Gasteiger partial charge in [-0.15, -0.1) is 0 Å². The molecule has 0 saturated carbocycles. The second kappa shape index (κ2) is 6.00. The van der Waals surface area contributed by atoms with E-state index in [0.717, 1.165) is 22.0 Å². The van der Waals surface area contributed by atoms with Gasteiger partial charge in [-0.25, -0.2) is 4.98 Å². The number of hydrogen-bond acceptors (Lipinski definition) is 3. The first kappa shape index (κ1) is 15.8. The largest absolute Gasteiger partial charge is 0.364 e. The van der Waals surface area contributed by atoms with Crippen LogP contribution in [0.1, 0.15) is 21.0 Å². The van der Waals surface area contributed by atoms with Crippen molar-refractivity contribution < 1.29 is 9.59 Å². The fourth-order valence-electron chi connectivity index (χ4n) is 3.07. The topological polar surface area (TPSA) is 92.1 Å². The third-order valence-electron chi connectivity index (χ3n) is 4.40. The molecule has 0 saturated heterocycles. The first-order valence-electron chi connectivity index (χ1n) is 8.10. The molecule has 0 bridgehead atoms. The van der Waals surface area contributed by atoms with Crippen molar-refractivity contribution in [3.63, 3.8) is 0 Å². The molecule has 0 aliphatic carbocycles. The van der Waals surface area contributed by atoms with Crippen LogP contribution in [0.2, 0.25) is 0 Å². The highest BCUT2D eigenvalue weighted by Gasteiger charge is 2.21. The van der Waals surface area contributed by atoms with Crippen molar-refractivity contribution in [1.29, 1.82) is 0 Å². The van der Waals surface area contributed by atoms with E-state index in [-0.39, 0.29) is 17.3 Å². The SMILES string of the molecule is CN(C(=O)c1cc2c([nH]c3ccccc32)c(C(N)=O)n1)c1ccccc1. The molecule has 0 aliphatic heterocycles. The number of para-hydroxylation sites is 2. The summed E-state index contributed by atoms with van der Waals surface area (Å²) in [5.74, 6) is -0.996. The Labute approximate surface area is 149 Å². The molecule has 4 rings (SSSR count). The van der Waals surface area contributed by atoms with Crippen molar-refractivity contribution in [3.05, 3.63) is 72.1 Å². The third kappa shape index (κ3) is 2.48. The summed E-state index contributed by atoms with van der Waals surface area (Å²) in [6, 6.07) is 18.6. The number of benzene rings is 2. The average Bonchev–Trinajstić information content (AvgIpc) is 3.05. The highest BCUT2D eigenvalue weighted by molar-refractivity contribution is 6.16. The van der Waals surface area contributed by atoms with Crippen molar-refractivity contribution in [2.75, 3.05) is 11.9 Å². The van der Waals surface area contributed by atoms with Crippen LogP contribution in [-0.4, -0.2) is 28.8 Å². The molecule has 6 nitrogen and oxygen atoms in total.